The zero-order valence-corrected chi connectivity index (χ0v) is 7.91. The van der Waals surface area contributed by atoms with Crippen LogP contribution in [0.2, 0.25) is 0 Å². The third-order valence-electron chi connectivity index (χ3n) is 1.59. The van der Waals surface area contributed by atoms with E-state index >= 15 is 0 Å². The summed E-state index contributed by atoms with van der Waals surface area (Å²) in [5.41, 5.74) is 1.09. The molecule has 0 saturated carbocycles. The van der Waals surface area contributed by atoms with E-state index in [0.717, 1.165) is 11.3 Å². The van der Waals surface area contributed by atoms with Gasteiger partial charge in [-0.15, -0.1) is 0 Å². The second-order valence-electron chi connectivity index (χ2n) is 2.55. The molecule has 0 bridgehead atoms. The molecular formula is C11H13O2. The lowest BCUT2D eigenvalue weighted by Gasteiger charge is -1.99. The van der Waals surface area contributed by atoms with Crippen LogP contribution in [0.25, 0.3) is 6.08 Å². The molecule has 0 aliphatic rings. The highest BCUT2D eigenvalue weighted by molar-refractivity contribution is 5.51. The van der Waals surface area contributed by atoms with E-state index in [1.165, 1.54) is 0 Å². The Morgan fingerprint density at radius 3 is 3.00 bits per heavy atom. The standard InChI is InChI=1S/C11H13O2/c1-12-8-4-6-10-5-3-7-11(9-10)13-2/h3-6,9H,8H2,1-2H3. The van der Waals surface area contributed by atoms with Crippen molar-refractivity contribution in [1.29, 1.82) is 0 Å². The Morgan fingerprint density at radius 2 is 2.31 bits per heavy atom. The van der Waals surface area contributed by atoms with Gasteiger partial charge < -0.3 is 9.47 Å². The topological polar surface area (TPSA) is 18.5 Å². The Kier molecular flexibility index (Phi) is 4.06. The predicted molar refractivity (Wildman–Crippen MR) is 52.7 cm³/mol. The van der Waals surface area contributed by atoms with Gasteiger partial charge in [0.2, 0.25) is 0 Å². The summed E-state index contributed by atoms with van der Waals surface area (Å²) in [7, 11) is 3.30. The summed E-state index contributed by atoms with van der Waals surface area (Å²) in [6.45, 7) is 0.626. The fraction of sp³-hybridized carbons (Fsp3) is 0.273. The zero-order chi connectivity index (χ0) is 9.52. The van der Waals surface area contributed by atoms with Gasteiger partial charge in [0.1, 0.15) is 5.75 Å². The third-order valence-corrected chi connectivity index (χ3v) is 1.59. The fourth-order valence-electron chi connectivity index (χ4n) is 0.963. The van der Waals surface area contributed by atoms with Crippen LogP contribution in [0.4, 0.5) is 0 Å². The van der Waals surface area contributed by atoms with Crippen LogP contribution in [0.3, 0.4) is 0 Å². The SMILES string of the molecule is COCC=Cc1cc[c]c(OC)c1. The molecular weight excluding hydrogens is 164 g/mol. The Morgan fingerprint density at radius 1 is 1.46 bits per heavy atom. The van der Waals surface area contributed by atoms with Crippen molar-refractivity contribution >= 4 is 6.08 Å². The number of benzene rings is 1. The molecule has 13 heavy (non-hydrogen) atoms. The van der Waals surface area contributed by atoms with E-state index in [0.29, 0.717) is 6.61 Å². The smallest absolute Gasteiger partial charge is 0.127 e. The molecule has 0 atom stereocenters. The summed E-state index contributed by atoms with van der Waals surface area (Å²) >= 11 is 0. The molecule has 2 nitrogen and oxygen atoms in total. The average Bonchev–Trinajstić information content (AvgIpc) is 2.19. The van der Waals surface area contributed by atoms with Crippen LogP contribution in [-0.2, 0) is 4.74 Å². The highest BCUT2D eigenvalue weighted by atomic mass is 16.5. The molecule has 0 amide bonds. The van der Waals surface area contributed by atoms with Crippen molar-refractivity contribution in [3.05, 3.63) is 35.9 Å². The van der Waals surface area contributed by atoms with Crippen molar-refractivity contribution in [2.24, 2.45) is 0 Å². The first-order chi connectivity index (χ1) is 6.36. The van der Waals surface area contributed by atoms with E-state index in [4.69, 9.17) is 9.47 Å². The molecule has 0 N–H and O–H groups in total. The Balaban J connectivity index is 2.66. The van der Waals surface area contributed by atoms with Crippen molar-refractivity contribution in [3.8, 4) is 5.75 Å². The summed E-state index contributed by atoms with van der Waals surface area (Å²) in [5.74, 6) is 0.750. The van der Waals surface area contributed by atoms with Gasteiger partial charge in [-0.2, -0.15) is 0 Å². The van der Waals surface area contributed by atoms with Crippen molar-refractivity contribution in [2.45, 2.75) is 0 Å². The molecule has 1 radical (unpaired) electrons. The molecule has 0 aliphatic heterocycles. The highest BCUT2D eigenvalue weighted by Gasteiger charge is 1.90. The van der Waals surface area contributed by atoms with Gasteiger partial charge in [0.25, 0.3) is 0 Å². The van der Waals surface area contributed by atoms with E-state index < -0.39 is 0 Å². The Bertz CT molecular complexity index is 279. The summed E-state index contributed by atoms with van der Waals surface area (Å²) in [4.78, 5) is 0. The van der Waals surface area contributed by atoms with Crippen molar-refractivity contribution in [3.63, 3.8) is 0 Å². The van der Waals surface area contributed by atoms with Gasteiger partial charge in [-0.3, -0.25) is 0 Å². The molecule has 1 aromatic carbocycles. The molecule has 0 unspecified atom stereocenters. The average molecular weight is 177 g/mol. The molecule has 1 rings (SSSR count). The highest BCUT2D eigenvalue weighted by Crippen LogP contribution is 2.12. The van der Waals surface area contributed by atoms with Gasteiger partial charge in [0, 0.05) is 13.2 Å². The van der Waals surface area contributed by atoms with Crippen LogP contribution in [0.1, 0.15) is 5.56 Å². The van der Waals surface area contributed by atoms with Crippen LogP contribution in [0.5, 0.6) is 5.75 Å². The summed E-state index contributed by atoms with van der Waals surface area (Å²) in [5, 5.41) is 0. The lowest BCUT2D eigenvalue weighted by atomic mass is 10.2. The van der Waals surface area contributed by atoms with E-state index in [-0.39, 0.29) is 0 Å². The minimum Gasteiger partial charge on any atom is -0.496 e. The fourth-order valence-corrected chi connectivity index (χ4v) is 0.963. The van der Waals surface area contributed by atoms with E-state index in [2.05, 4.69) is 6.07 Å². The van der Waals surface area contributed by atoms with E-state index in [1.807, 2.05) is 30.4 Å². The number of rotatable bonds is 4. The number of hydrogen-bond acceptors (Lipinski definition) is 2. The third kappa shape index (κ3) is 3.30. The molecule has 2 heteroatoms. The Labute approximate surface area is 78.8 Å². The van der Waals surface area contributed by atoms with Crippen LogP contribution in [0, 0.1) is 6.07 Å². The molecule has 0 aromatic heterocycles. The summed E-state index contributed by atoms with van der Waals surface area (Å²) in [6, 6.07) is 8.69. The first-order valence-corrected chi connectivity index (χ1v) is 4.08. The molecule has 0 aliphatic carbocycles. The van der Waals surface area contributed by atoms with Gasteiger partial charge in [0.15, 0.2) is 0 Å². The minimum absolute atomic E-state index is 0.626. The van der Waals surface area contributed by atoms with Gasteiger partial charge in [-0.25, -0.2) is 0 Å². The van der Waals surface area contributed by atoms with Gasteiger partial charge >= 0.3 is 0 Å². The molecule has 69 valence electrons. The molecule has 0 saturated heterocycles. The van der Waals surface area contributed by atoms with Gasteiger partial charge in [-0.05, 0) is 17.7 Å². The Hall–Kier alpha value is -1.28. The summed E-state index contributed by atoms with van der Waals surface area (Å²) < 4.78 is 9.93. The predicted octanol–water partition coefficient (Wildman–Crippen LogP) is 2.15. The van der Waals surface area contributed by atoms with Crippen LogP contribution >= 0.6 is 0 Å². The van der Waals surface area contributed by atoms with Crippen molar-refractivity contribution in [2.75, 3.05) is 20.8 Å². The zero-order valence-electron chi connectivity index (χ0n) is 7.91. The first kappa shape index (κ1) is 9.81. The van der Waals surface area contributed by atoms with Crippen LogP contribution < -0.4 is 4.74 Å². The van der Waals surface area contributed by atoms with Gasteiger partial charge in [-0.1, -0.05) is 18.2 Å². The maximum absolute atomic E-state index is 5.04. The molecule has 1 aromatic rings. The maximum Gasteiger partial charge on any atom is 0.127 e. The van der Waals surface area contributed by atoms with E-state index in [1.54, 1.807) is 14.2 Å². The molecule has 0 heterocycles. The number of hydrogen-bond donors (Lipinski definition) is 0. The van der Waals surface area contributed by atoms with Crippen LogP contribution in [-0.4, -0.2) is 20.8 Å². The van der Waals surface area contributed by atoms with Crippen molar-refractivity contribution in [1.82, 2.24) is 0 Å². The number of ether oxygens (including phenoxy) is 2. The summed E-state index contributed by atoms with van der Waals surface area (Å²) in [6.07, 6.45) is 3.94. The number of methoxy groups -OCH3 is 2. The van der Waals surface area contributed by atoms with Gasteiger partial charge in [0.05, 0.1) is 13.7 Å². The van der Waals surface area contributed by atoms with E-state index in [9.17, 15) is 0 Å². The second-order valence-corrected chi connectivity index (χ2v) is 2.55. The minimum atomic E-state index is 0.626. The largest absolute Gasteiger partial charge is 0.496 e. The second kappa shape index (κ2) is 5.38. The normalized spacial score (nSPS) is 10.6. The van der Waals surface area contributed by atoms with Crippen LogP contribution in [0.15, 0.2) is 24.3 Å². The molecule has 0 fully saturated rings. The quantitative estimate of drug-likeness (QED) is 0.701. The monoisotopic (exact) mass is 177 g/mol. The maximum atomic E-state index is 5.04. The van der Waals surface area contributed by atoms with Crippen molar-refractivity contribution < 1.29 is 9.47 Å². The molecule has 0 spiro atoms. The lowest BCUT2D eigenvalue weighted by Crippen LogP contribution is -1.84. The lowest BCUT2D eigenvalue weighted by molar-refractivity contribution is 0.234. The first-order valence-electron chi connectivity index (χ1n) is 4.08.